The molecule has 0 radical (unpaired) electrons. The van der Waals surface area contributed by atoms with Crippen molar-refractivity contribution in [1.29, 1.82) is 0 Å². The second-order valence-corrected chi connectivity index (χ2v) is 11.1. The summed E-state index contributed by atoms with van der Waals surface area (Å²) in [6, 6.07) is 13.0. The minimum Gasteiger partial charge on any atom is -0.354 e. The van der Waals surface area contributed by atoms with Crippen molar-refractivity contribution < 1.29 is 18.0 Å². The number of hydrogen-bond acceptors (Lipinski definition) is 4. The lowest BCUT2D eigenvalue weighted by molar-refractivity contribution is -0.140. The van der Waals surface area contributed by atoms with E-state index in [-0.39, 0.29) is 37.7 Å². The first-order chi connectivity index (χ1) is 16.5. The average Bonchev–Trinajstić information content (AvgIpc) is 2.80. The molecule has 0 heterocycles. The molecule has 0 saturated heterocycles. The van der Waals surface area contributed by atoms with Gasteiger partial charge in [-0.15, -0.1) is 0 Å². The molecule has 1 atom stereocenters. The van der Waals surface area contributed by atoms with Crippen molar-refractivity contribution in [3.05, 3.63) is 64.1 Å². The molecule has 2 aromatic carbocycles. The van der Waals surface area contributed by atoms with Gasteiger partial charge in [-0.3, -0.25) is 13.9 Å². The molecule has 0 aliphatic carbocycles. The number of hydrogen-bond donors (Lipinski definition) is 1. The topological polar surface area (TPSA) is 86.8 Å². The average molecular weight is 543 g/mol. The zero-order valence-corrected chi connectivity index (χ0v) is 22.7. The molecule has 0 aromatic heterocycles. The number of sulfonamides is 1. The van der Waals surface area contributed by atoms with Gasteiger partial charge < -0.3 is 10.2 Å². The zero-order valence-electron chi connectivity index (χ0n) is 20.3. The van der Waals surface area contributed by atoms with Gasteiger partial charge in [0, 0.05) is 36.1 Å². The Hall–Kier alpha value is -2.29. The fraction of sp³-hybridized carbons (Fsp3) is 0.440. The lowest BCUT2D eigenvalue weighted by Crippen LogP contribution is -2.48. The van der Waals surface area contributed by atoms with Crippen LogP contribution < -0.4 is 9.62 Å². The van der Waals surface area contributed by atoms with E-state index >= 15 is 0 Å². The maximum Gasteiger partial charge on any atom is 0.242 e. The molecule has 0 aliphatic heterocycles. The largest absolute Gasteiger partial charge is 0.354 e. The molecule has 2 rings (SSSR count). The summed E-state index contributed by atoms with van der Waals surface area (Å²) in [6.45, 7) is 4.51. The van der Waals surface area contributed by atoms with E-state index in [2.05, 4.69) is 5.32 Å². The van der Waals surface area contributed by atoms with Gasteiger partial charge in [0.15, 0.2) is 0 Å². The number of nitrogens with one attached hydrogen (secondary N) is 1. The van der Waals surface area contributed by atoms with Gasteiger partial charge in [0.25, 0.3) is 0 Å². The van der Waals surface area contributed by atoms with E-state index < -0.39 is 16.1 Å². The summed E-state index contributed by atoms with van der Waals surface area (Å²) < 4.78 is 25.9. The minimum atomic E-state index is -3.52. The maximum absolute atomic E-state index is 13.3. The quantitative estimate of drug-likeness (QED) is 0.366. The van der Waals surface area contributed by atoms with Crippen molar-refractivity contribution in [2.75, 3.05) is 23.7 Å². The molecule has 0 unspecified atom stereocenters. The van der Waals surface area contributed by atoms with Gasteiger partial charge in [-0.2, -0.15) is 0 Å². The van der Waals surface area contributed by atoms with Gasteiger partial charge >= 0.3 is 0 Å². The summed E-state index contributed by atoms with van der Waals surface area (Å²) in [5, 5.41) is 3.75. The number of carbonyl (C=O) groups is 2. The van der Waals surface area contributed by atoms with Crippen LogP contribution in [0.4, 0.5) is 5.69 Å². The molecule has 10 heteroatoms. The molecular formula is C25H33Cl2N3O4S. The smallest absolute Gasteiger partial charge is 0.242 e. The van der Waals surface area contributed by atoms with Crippen LogP contribution in [0.1, 0.15) is 45.1 Å². The van der Waals surface area contributed by atoms with Crippen LogP contribution in [0.5, 0.6) is 0 Å². The van der Waals surface area contributed by atoms with Crippen molar-refractivity contribution in [3.63, 3.8) is 0 Å². The summed E-state index contributed by atoms with van der Waals surface area (Å²) in [4.78, 5) is 27.5. The third-order valence-electron chi connectivity index (χ3n) is 5.55. The molecule has 35 heavy (non-hydrogen) atoms. The third kappa shape index (κ3) is 9.02. The Balaban J connectivity index is 2.16. The number of halogens is 2. The Morgan fingerprint density at radius 3 is 2.34 bits per heavy atom. The predicted octanol–water partition coefficient (Wildman–Crippen LogP) is 4.87. The molecule has 0 spiro atoms. The third-order valence-corrected chi connectivity index (χ3v) is 7.33. The number of para-hydroxylation sites is 1. The van der Waals surface area contributed by atoms with Crippen LogP contribution in [0.25, 0.3) is 0 Å². The molecule has 1 N–H and O–H groups in total. The van der Waals surface area contributed by atoms with E-state index in [0.29, 0.717) is 27.8 Å². The number of nitrogens with zero attached hydrogens (tertiary/aromatic N) is 2. The molecule has 2 aromatic rings. The fourth-order valence-electron chi connectivity index (χ4n) is 3.55. The number of rotatable bonds is 13. The second kappa shape index (κ2) is 13.7. The Kier molecular flexibility index (Phi) is 11.3. The molecule has 0 aliphatic rings. The van der Waals surface area contributed by atoms with Crippen molar-refractivity contribution >= 4 is 50.7 Å². The standard InChI is InChI=1S/C25H33Cl2N3O4S/c1-4-5-15-28-25(32)19(2)29(18-20-13-14-21(26)17-23(20)27)24(31)12-9-16-30(35(3,33)34)22-10-7-6-8-11-22/h6-8,10-11,13-14,17,19H,4-5,9,12,15-16,18H2,1-3H3,(H,28,32)/t19-/m1/s1. The van der Waals surface area contributed by atoms with E-state index in [9.17, 15) is 18.0 Å². The van der Waals surface area contributed by atoms with Gasteiger partial charge in [0.1, 0.15) is 6.04 Å². The first-order valence-corrected chi connectivity index (χ1v) is 14.2. The van der Waals surface area contributed by atoms with Gasteiger partial charge in [-0.05, 0) is 49.6 Å². The van der Waals surface area contributed by atoms with Crippen molar-refractivity contribution in [2.45, 2.75) is 52.1 Å². The van der Waals surface area contributed by atoms with E-state index in [1.165, 1.54) is 9.21 Å². The Labute approximate surface area is 218 Å². The Bertz CT molecular complexity index is 1100. The normalized spacial score (nSPS) is 12.1. The lowest BCUT2D eigenvalue weighted by Gasteiger charge is -2.30. The molecular weight excluding hydrogens is 509 g/mol. The molecule has 2 amide bonds. The van der Waals surface area contributed by atoms with Crippen molar-refractivity contribution in [2.24, 2.45) is 0 Å². The van der Waals surface area contributed by atoms with Crippen LogP contribution in [-0.2, 0) is 26.2 Å². The Morgan fingerprint density at radius 1 is 1.06 bits per heavy atom. The summed E-state index contributed by atoms with van der Waals surface area (Å²) >= 11 is 12.3. The van der Waals surface area contributed by atoms with Gasteiger partial charge in [-0.25, -0.2) is 8.42 Å². The number of anilines is 1. The fourth-order valence-corrected chi connectivity index (χ4v) is 4.98. The van der Waals surface area contributed by atoms with E-state index in [1.54, 1.807) is 55.5 Å². The highest BCUT2D eigenvalue weighted by molar-refractivity contribution is 7.92. The minimum absolute atomic E-state index is 0.0661. The monoisotopic (exact) mass is 541 g/mol. The van der Waals surface area contributed by atoms with Crippen LogP contribution in [0.15, 0.2) is 48.5 Å². The summed E-state index contributed by atoms with van der Waals surface area (Å²) in [5.41, 5.74) is 1.20. The van der Waals surface area contributed by atoms with Crippen LogP contribution >= 0.6 is 23.2 Å². The first kappa shape index (κ1) is 28.9. The van der Waals surface area contributed by atoms with Crippen molar-refractivity contribution in [1.82, 2.24) is 10.2 Å². The van der Waals surface area contributed by atoms with E-state index in [1.807, 2.05) is 6.92 Å². The van der Waals surface area contributed by atoms with Crippen molar-refractivity contribution in [3.8, 4) is 0 Å². The molecule has 0 saturated carbocycles. The Morgan fingerprint density at radius 2 is 1.74 bits per heavy atom. The maximum atomic E-state index is 13.3. The highest BCUT2D eigenvalue weighted by Crippen LogP contribution is 2.24. The highest BCUT2D eigenvalue weighted by atomic mass is 35.5. The van der Waals surface area contributed by atoms with E-state index in [0.717, 1.165) is 19.1 Å². The van der Waals surface area contributed by atoms with E-state index in [4.69, 9.17) is 23.2 Å². The van der Waals surface area contributed by atoms with Crippen LogP contribution in [0.2, 0.25) is 10.0 Å². The summed E-state index contributed by atoms with van der Waals surface area (Å²) in [7, 11) is -3.52. The van der Waals surface area contributed by atoms with Crippen LogP contribution in [0, 0.1) is 0 Å². The number of amides is 2. The summed E-state index contributed by atoms with van der Waals surface area (Å²) in [6.07, 6.45) is 3.28. The van der Waals surface area contributed by atoms with Crippen LogP contribution in [-0.4, -0.2) is 50.5 Å². The van der Waals surface area contributed by atoms with Gasteiger partial charge in [0.2, 0.25) is 21.8 Å². The number of benzene rings is 2. The molecule has 7 nitrogen and oxygen atoms in total. The lowest BCUT2D eigenvalue weighted by atomic mass is 10.1. The number of carbonyl (C=O) groups excluding carboxylic acids is 2. The zero-order chi connectivity index (χ0) is 26.0. The first-order valence-electron chi connectivity index (χ1n) is 11.6. The predicted molar refractivity (Wildman–Crippen MR) is 142 cm³/mol. The molecule has 192 valence electrons. The number of unbranched alkanes of at least 4 members (excludes halogenated alkanes) is 1. The second-order valence-electron chi connectivity index (χ2n) is 8.35. The molecule has 0 fully saturated rings. The van der Waals surface area contributed by atoms with Gasteiger partial charge in [-0.1, -0.05) is 60.8 Å². The molecule has 0 bridgehead atoms. The van der Waals surface area contributed by atoms with Gasteiger partial charge in [0.05, 0.1) is 11.9 Å². The summed E-state index contributed by atoms with van der Waals surface area (Å²) in [5.74, 6) is -0.519. The van der Waals surface area contributed by atoms with Crippen LogP contribution in [0.3, 0.4) is 0 Å². The highest BCUT2D eigenvalue weighted by Gasteiger charge is 2.27. The SMILES string of the molecule is CCCCNC(=O)[C@@H](C)N(Cc1ccc(Cl)cc1Cl)C(=O)CCCN(c1ccccc1)S(C)(=O)=O.